The summed E-state index contributed by atoms with van der Waals surface area (Å²) in [6, 6.07) is 5.57. The lowest BCUT2D eigenvalue weighted by atomic mass is 10.2. The number of primary sulfonamides is 1. The number of benzene rings is 1. The molecule has 1 heterocycles. The third-order valence-electron chi connectivity index (χ3n) is 3.15. The van der Waals surface area contributed by atoms with Gasteiger partial charge in [-0.1, -0.05) is 6.07 Å². The van der Waals surface area contributed by atoms with Crippen molar-refractivity contribution >= 4 is 15.9 Å². The molecule has 0 radical (unpaired) electrons. The summed E-state index contributed by atoms with van der Waals surface area (Å²) < 4.78 is 54.5. The van der Waals surface area contributed by atoms with E-state index in [1.807, 2.05) is 0 Å². The number of rotatable bonds is 5. The molecule has 1 aromatic carbocycles. The van der Waals surface area contributed by atoms with Gasteiger partial charge in [-0.2, -0.15) is 0 Å². The van der Waals surface area contributed by atoms with E-state index in [4.69, 9.17) is 9.56 Å². The van der Waals surface area contributed by atoms with Crippen molar-refractivity contribution in [2.45, 2.75) is 18.6 Å². The fraction of sp³-hybridized carbons (Fsp3) is 0.214. The summed E-state index contributed by atoms with van der Waals surface area (Å²) in [5.74, 6) is -2.54. The Bertz CT molecular complexity index is 813. The predicted octanol–water partition coefficient (Wildman–Crippen LogP) is 1.87. The van der Waals surface area contributed by atoms with E-state index in [2.05, 4.69) is 0 Å². The predicted molar refractivity (Wildman–Crippen MR) is 76.9 cm³/mol. The Morgan fingerprint density at radius 2 is 1.83 bits per heavy atom. The summed E-state index contributed by atoms with van der Waals surface area (Å²) in [6.45, 7) is 1.43. The first kappa shape index (κ1) is 17.1. The van der Waals surface area contributed by atoms with Crippen LogP contribution in [0.3, 0.4) is 0 Å². The van der Waals surface area contributed by atoms with E-state index in [1.54, 1.807) is 6.92 Å². The summed E-state index contributed by atoms with van der Waals surface area (Å²) in [5.41, 5.74) is -0.263. The van der Waals surface area contributed by atoms with Crippen LogP contribution in [0.1, 0.15) is 23.0 Å². The van der Waals surface area contributed by atoms with Crippen LogP contribution >= 0.6 is 0 Å². The van der Waals surface area contributed by atoms with Crippen LogP contribution in [0.15, 0.2) is 39.8 Å². The zero-order valence-corrected chi connectivity index (χ0v) is 12.9. The van der Waals surface area contributed by atoms with Crippen molar-refractivity contribution in [3.8, 4) is 0 Å². The first-order chi connectivity index (χ1) is 10.7. The number of furan rings is 1. The van der Waals surface area contributed by atoms with E-state index in [-0.39, 0.29) is 24.4 Å². The van der Waals surface area contributed by atoms with E-state index in [1.165, 1.54) is 6.07 Å². The van der Waals surface area contributed by atoms with Gasteiger partial charge in [0.05, 0.1) is 6.54 Å². The molecule has 0 bridgehead atoms. The summed E-state index contributed by atoms with van der Waals surface area (Å²) in [6.07, 6.45) is 0. The van der Waals surface area contributed by atoms with Crippen LogP contribution in [0, 0.1) is 11.6 Å². The van der Waals surface area contributed by atoms with Gasteiger partial charge in [0, 0.05) is 12.1 Å². The van der Waals surface area contributed by atoms with Crippen LogP contribution in [-0.2, 0) is 16.6 Å². The minimum Gasteiger partial charge on any atom is -0.438 e. The second-order valence-electron chi connectivity index (χ2n) is 4.68. The van der Waals surface area contributed by atoms with Gasteiger partial charge >= 0.3 is 0 Å². The highest BCUT2D eigenvalue weighted by Crippen LogP contribution is 2.18. The Kier molecular flexibility index (Phi) is 4.81. The molecule has 1 amide bonds. The second-order valence-corrected chi connectivity index (χ2v) is 6.18. The number of nitrogens with zero attached hydrogens (tertiary/aromatic N) is 1. The molecule has 9 heteroatoms. The number of halogens is 2. The lowest BCUT2D eigenvalue weighted by molar-refractivity contribution is 0.0711. The molecule has 0 aliphatic heterocycles. The Hall–Kier alpha value is -2.26. The molecule has 1 aromatic heterocycles. The van der Waals surface area contributed by atoms with E-state index in [9.17, 15) is 22.0 Å². The van der Waals surface area contributed by atoms with Gasteiger partial charge in [0.15, 0.2) is 5.76 Å². The summed E-state index contributed by atoms with van der Waals surface area (Å²) in [4.78, 5) is 13.4. The van der Waals surface area contributed by atoms with Crippen LogP contribution in [0.25, 0.3) is 0 Å². The Morgan fingerprint density at radius 1 is 1.22 bits per heavy atom. The minimum absolute atomic E-state index is 0.137. The van der Waals surface area contributed by atoms with Crippen molar-refractivity contribution < 1.29 is 26.4 Å². The van der Waals surface area contributed by atoms with Gasteiger partial charge in [-0.15, -0.1) is 0 Å². The summed E-state index contributed by atoms with van der Waals surface area (Å²) in [7, 11) is -4.08. The zero-order valence-electron chi connectivity index (χ0n) is 12.1. The third-order valence-corrected chi connectivity index (χ3v) is 3.93. The van der Waals surface area contributed by atoms with Gasteiger partial charge in [-0.3, -0.25) is 4.79 Å². The van der Waals surface area contributed by atoms with E-state index in [0.717, 1.165) is 29.2 Å². The highest BCUT2D eigenvalue weighted by molar-refractivity contribution is 7.89. The molecule has 2 aromatic rings. The van der Waals surface area contributed by atoms with E-state index in [0.29, 0.717) is 0 Å². The molecule has 0 saturated heterocycles. The smallest absolute Gasteiger partial charge is 0.289 e. The SMILES string of the molecule is CCN(Cc1c(F)cccc1F)C(=O)c1ccc(S(N)(=O)=O)o1. The van der Waals surface area contributed by atoms with Crippen molar-refractivity contribution in [3.05, 3.63) is 53.3 Å². The summed E-state index contributed by atoms with van der Waals surface area (Å²) in [5, 5.41) is 4.34. The van der Waals surface area contributed by atoms with Gasteiger partial charge in [-0.25, -0.2) is 22.3 Å². The van der Waals surface area contributed by atoms with Crippen LogP contribution in [-0.4, -0.2) is 25.8 Å². The number of sulfonamides is 1. The van der Waals surface area contributed by atoms with Crippen LogP contribution in [0.4, 0.5) is 8.78 Å². The molecule has 23 heavy (non-hydrogen) atoms. The quantitative estimate of drug-likeness (QED) is 0.896. The lowest BCUT2D eigenvalue weighted by Gasteiger charge is -2.20. The molecule has 2 rings (SSSR count). The zero-order chi connectivity index (χ0) is 17.2. The minimum atomic E-state index is -4.08. The molecule has 0 aliphatic carbocycles. The Labute approximate surface area is 131 Å². The maximum absolute atomic E-state index is 13.7. The number of carbonyl (C=O) groups is 1. The van der Waals surface area contributed by atoms with Gasteiger partial charge in [-0.05, 0) is 31.2 Å². The number of hydrogen-bond acceptors (Lipinski definition) is 4. The topological polar surface area (TPSA) is 93.6 Å². The number of carbonyl (C=O) groups excluding carboxylic acids is 1. The van der Waals surface area contributed by atoms with Crippen molar-refractivity contribution in [2.24, 2.45) is 5.14 Å². The van der Waals surface area contributed by atoms with Crippen LogP contribution in [0.2, 0.25) is 0 Å². The second kappa shape index (κ2) is 6.47. The number of hydrogen-bond donors (Lipinski definition) is 1. The number of nitrogens with two attached hydrogens (primary N) is 1. The molecule has 2 N–H and O–H groups in total. The maximum Gasteiger partial charge on any atom is 0.289 e. The van der Waals surface area contributed by atoms with E-state index < -0.39 is 32.7 Å². The molecule has 0 saturated carbocycles. The molecular formula is C14H14F2N2O4S. The van der Waals surface area contributed by atoms with Crippen molar-refractivity contribution in [3.63, 3.8) is 0 Å². The largest absolute Gasteiger partial charge is 0.438 e. The normalized spacial score (nSPS) is 11.5. The highest BCUT2D eigenvalue weighted by atomic mass is 32.2. The Morgan fingerprint density at radius 3 is 2.30 bits per heavy atom. The fourth-order valence-electron chi connectivity index (χ4n) is 1.95. The van der Waals surface area contributed by atoms with Crippen LogP contribution < -0.4 is 5.14 Å². The standard InChI is InChI=1S/C14H14F2N2O4S/c1-2-18(8-9-10(15)4-3-5-11(9)16)14(19)12-6-7-13(22-12)23(17,20)21/h3-7H,2,8H2,1H3,(H2,17,20,21). The van der Waals surface area contributed by atoms with Crippen molar-refractivity contribution in [2.75, 3.05) is 6.54 Å². The molecule has 124 valence electrons. The van der Waals surface area contributed by atoms with Gasteiger partial charge in [0.25, 0.3) is 15.9 Å². The maximum atomic E-state index is 13.7. The van der Waals surface area contributed by atoms with Gasteiger partial charge < -0.3 is 9.32 Å². The van der Waals surface area contributed by atoms with E-state index >= 15 is 0 Å². The third kappa shape index (κ3) is 3.74. The van der Waals surface area contributed by atoms with Gasteiger partial charge in [0.2, 0.25) is 5.09 Å². The monoisotopic (exact) mass is 344 g/mol. The molecule has 0 atom stereocenters. The molecule has 6 nitrogen and oxygen atoms in total. The number of amides is 1. The van der Waals surface area contributed by atoms with Crippen LogP contribution in [0.5, 0.6) is 0 Å². The lowest BCUT2D eigenvalue weighted by Crippen LogP contribution is -2.30. The first-order valence-corrected chi connectivity index (χ1v) is 8.13. The molecule has 0 aliphatic rings. The Balaban J connectivity index is 2.27. The fourth-order valence-corrected chi connectivity index (χ4v) is 2.41. The van der Waals surface area contributed by atoms with Crippen molar-refractivity contribution in [1.29, 1.82) is 0 Å². The van der Waals surface area contributed by atoms with Gasteiger partial charge in [0.1, 0.15) is 11.6 Å². The highest BCUT2D eigenvalue weighted by Gasteiger charge is 2.23. The molecule has 0 fully saturated rings. The molecular weight excluding hydrogens is 330 g/mol. The molecule has 0 spiro atoms. The summed E-state index contributed by atoms with van der Waals surface area (Å²) >= 11 is 0. The first-order valence-electron chi connectivity index (χ1n) is 6.58. The van der Waals surface area contributed by atoms with Crippen molar-refractivity contribution in [1.82, 2.24) is 4.90 Å². The average Bonchev–Trinajstić information content (AvgIpc) is 2.96. The molecule has 0 unspecified atom stereocenters. The average molecular weight is 344 g/mol.